The van der Waals surface area contributed by atoms with E-state index in [2.05, 4.69) is 27.2 Å². The molecular formula is C31H34N6O3. The van der Waals surface area contributed by atoms with E-state index in [1.165, 1.54) is 0 Å². The summed E-state index contributed by atoms with van der Waals surface area (Å²) in [7, 11) is 0. The van der Waals surface area contributed by atoms with Gasteiger partial charge in [-0.1, -0.05) is 54.1 Å². The minimum absolute atomic E-state index is 0.189. The first kappa shape index (κ1) is 26.3. The van der Waals surface area contributed by atoms with Gasteiger partial charge in [-0.2, -0.15) is 0 Å². The number of benzene rings is 2. The highest BCUT2D eigenvalue weighted by Crippen LogP contribution is 2.37. The van der Waals surface area contributed by atoms with Crippen molar-refractivity contribution in [2.45, 2.75) is 19.9 Å². The summed E-state index contributed by atoms with van der Waals surface area (Å²) in [5.74, 6) is 1.00. The molecule has 2 aromatic heterocycles. The number of pyridine rings is 1. The molecule has 4 heterocycles. The second-order valence-corrected chi connectivity index (χ2v) is 10.6. The zero-order chi connectivity index (χ0) is 27.5. The quantitative estimate of drug-likeness (QED) is 0.342. The van der Waals surface area contributed by atoms with Crippen LogP contribution in [0.2, 0.25) is 0 Å². The Labute approximate surface area is 233 Å². The summed E-state index contributed by atoms with van der Waals surface area (Å²) < 4.78 is 15.2. The zero-order valence-corrected chi connectivity index (χ0v) is 22.8. The molecule has 40 heavy (non-hydrogen) atoms. The van der Waals surface area contributed by atoms with Crippen molar-refractivity contribution in [1.82, 2.24) is 24.4 Å². The molecule has 9 heteroatoms. The number of hydrogen-bond donors (Lipinski definition) is 1. The highest BCUT2D eigenvalue weighted by molar-refractivity contribution is 5.85. The van der Waals surface area contributed by atoms with E-state index in [1.807, 2.05) is 49.4 Å². The predicted molar refractivity (Wildman–Crippen MR) is 155 cm³/mol. The zero-order valence-electron chi connectivity index (χ0n) is 22.8. The van der Waals surface area contributed by atoms with Gasteiger partial charge in [0.1, 0.15) is 0 Å². The van der Waals surface area contributed by atoms with E-state index < -0.39 is 0 Å². The van der Waals surface area contributed by atoms with Gasteiger partial charge < -0.3 is 14.8 Å². The van der Waals surface area contributed by atoms with Crippen molar-refractivity contribution >= 4 is 11.3 Å². The predicted octanol–water partition coefficient (Wildman–Crippen LogP) is 4.01. The van der Waals surface area contributed by atoms with E-state index in [0.717, 1.165) is 67.1 Å². The van der Waals surface area contributed by atoms with E-state index >= 15 is 0 Å². The molecule has 206 valence electrons. The lowest BCUT2D eigenvalue weighted by Gasteiger charge is -2.26. The number of nitrogens with zero attached hydrogens (tertiary/aromatic N) is 5. The highest BCUT2D eigenvalue weighted by atomic mass is 16.5. The Morgan fingerprint density at radius 3 is 2.52 bits per heavy atom. The first-order chi connectivity index (χ1) is 19.6. The summed E-state index contributed by atoms with van der Waals surface area (Å²) in [6.07, 6.45) is 1.06. The molecule has 0 saturated carbocycles. The average Bonchev–Trinajstić information content (AvgIpc) is 3.64. The molecule has 1 atom stereocenters. The number of fused-ring (bicyclic) bond motifs is 1. The molecule has 4 aromatic rings. The second-order valence-electron chi connectivity index (χ2n) is 10.6. The number of nitrogens with one attached hydrogen (secondary N) is 1. The standard InChI is InChI=1S/C31H34N6O3/c1-22-3-5-25(6-4-22)29-27(24-7-9-26(32-2)10-8-24)19-28(40-21-23-11-12-33-20-23)30-34-36(31(38)37(29)30)14-13-35-15-17-39-18-16-35/h3-10,19,23,33H,11-18,20-21H2,1H3/t23-/m1/s1. The molecule has 2 saturated heterocycles. The molecule has 0 amide bonds. The maximum atomic E-state index is 14.1. The van der Waals surface area contributed by atoms with Gasteiger partial charge in [-0.3, -0.25) is 4.90 Å². The lowest BCUT2D eigenvalue weighted by molar-refractivity contribution is 0.0358. The number of morpholine rings is 1. The first-order valence-electron chi connectivity index (χ1n) is 14.0. The summed E-state index contributed by atoms with van der Waals surface area (Å²) in [6, 6.07) is 17.7. The van der Waals surface area contributed by atoms with Gasteiger partial charge in [0, 0.05) is 37.7 Å². The Kier molecular flexibility index (Phi) is 7.64. The first-order valence-corrected chi connectivity index (χ1v) is 14.0. The molecule has 0 radical (unpaired) electrons. The van der Waals surface area contributed by atoms with E-state index in [0.29, 0.717) is 49.4 Å². The van der Waals surface area contributed by atoms with Gasteiger partial charge in [-0.15, -0.1) is 5.10 Å². The topological polar surface area (TPSA) is 77.4 Å². The van der Waals surface area contributed by atoms with Crippen molar-refractivity contribution < 1.29 is 9.47 Å². The van der Waals surface area contributed by atoms with Crippen molar-refractivity contribution in [1.29, 1.82) is 0 Å². The van der Waals surface area contributed by atoms with Crippen LogP contribution in [0.4, 0.5) is 5.69 Å². The third-order valence-electron chi connectivity index (χ3n) is 7.81. The van der Waals surface area contributed by atoms with Crippen LogP contribution in [0.15, 0.2) is 59.4 Å². The molecule has 1 N–H and O–H groups in total. The van der Waals surface area contributed by atoms with Crippen LogP contribution in [0.3, 0.4) is 0 Å². The molecule has 0 bridgehead atoms. The number of rotatable bonds is 8. The summed E-state index contributed by atoms with van der Waals surface area (Å²) in [5.41, 5.74) is 5.50. The third-order valence-corrected chi connectivity index (χ3v) is 7.81. The fourth-order valence-electron chi connectivity index (χ4n) is 5.46. The number of aryl methyl sites for hydroxylation is 1. The lowest BCUT2D eigenvalue weighted by atomic mass is 9.98. The van der Waals surface area contributed by atoms with Gasteiger partial charge >= 0.3 is 5.69 Å². The largest absolute Gasteiger partial charge is 0.489 e. The molecule has 2 aromatic carbocycles. The SMILES string of the molecule is [C-]#[N+]c1ccc(-c2cc(OC[C@@H]3CCNC3)c3nn(CCN4CCOCC4)c(=O)n3c2-c2ccc(C)cc2)cc1. The normalized spacial score (nSPS) is 17.8. The summed E-state index contributed by atoms with van der Waals surface area (Å²) in [4.78, 5) is 19.9. The van der Waals surface area contributed by atoms with Crippen molar-refractivity contribution in [2.75, 3.05) is 52.5 Å². The molecule has 2 aliphatic rings. The lowest BCUT2D eigenvalue weighted by Crippen LogP contribution is -2.39. The van der Waals surface area contributed by atoms with Crippen LogP contribution in [-0.2, 0) is 11.3 Å². The Morgan fingerprint density at radius 2 is 1.82 bits per heavy atom. The van der Waals surface area contributed by atoms with Gasteiger partial charge in [-0.25, -0.2) is 18.7 Å². The van der Waals surface area contributed by atoms with Crippen LogP contribution in [-0.4, -0.2) is 71.6 Å². The van der Waals surface area contributed by atoms with E-state index in [1.54, 1.807) is 9.08 Å². The van der Waals surface area contributed by atoms with Gasteiger partial charge in [-0.05, 0) is 37.1 Å². The fraction of sp³-hybridized carbons (Fsp3) is 0.387. The maximum absolute atomic E-state index is 14.1. The van der Waals surface area contributed by atoms with Crippen LogP contribution in [0, 0.1) is 19.4 Å². The van der Waals surface area contributed by atoms with E-state index in [-0.39, 0.29) is 5.69 Å². The molecule has 6 rings (SSSR count). The van der Waals surface area contributed by atoms with Crippen LogP contribution in [0.1, 0.15) is 12.0 Å². The Hall–Kier alpha value is -3.97. The smallest absolute Gasteiger partial charge is 0.351 e. The van der Waals surface area contributed by atoms with Gasteiger partial charge in [0.05, 0.1) is 38.6 Å². The molecule has 9 nitrogen and oxygen atoms in total. The molecule has 2 aliphatic heterocycles. The maximum Gasteiger partial charge on any atom is 0.351 e. The number of aromatic nitrogens is 3. The Morgan fingerprint density at radius 1 is 1.07 bits per heavy atom. The van der Waals surface area contributed by atoms with Crippen molar-refractivity contribution in [3.8, 4) is 28.1 Å². The van der Waals surface area contributed by atoms with Crippen molar-refractivity contribution in [3.05, 3.63) is 82.1 Å². The van der Waals surface area contributed by atoms with E-state index in [9.17, 15) is 4.79 Å². The minimum Gasteiger partial charge on any atom is -0.489 e. The Bertz CT molecular complexity index is 1570. The van der Waals surface area contributed by atoms with Crippen LogP contribution >= 0.6 is 0 Å². The summed E-state index contributed by atoms with van der Waals surface area (Å²) in [6.45, 7) is 16.2. The molecule has 2 fully saturated rings. The van der Waals surface area contributed by atoms with Crippen molar-refractivity contribution in [3.63, 3.8) is 0 Å². The van der Waals surface area contributed by atoms with Crippen molar-refractivity contribution in [2.24, 2.45) is 5.92 Å². The minimum atomic E-state index is -0.189. The monoisotopic (exact) mass is 538 g/mol. The number of ether oxygens (including phenoxy) is 2. The fourth-order valence-corrected chi connectivity index (χ4v) is 5.46. The third kappa shape index (κ3) is 5.39. The van der Waals surface area contributed by atoms with Crippen LogP contribution in [0.25, 0.3) is 32.9 Å². The summed E-state index contributed by atoms with van der Waals surface area (Å²) in [5, 5.41) is 8.23. The molecule has 0 unspecified atom stereocenters. The van der Waals surface area contributed by atoms with Gasteiger partial charge in [0.25, 0.3) is 0 Å². The average molecular weight is 539 g/mol. The summed E-state index contributed by atoms with van der Waals surface area (Å²) >= 11 is 0. The Balaban J connectivity index is 1.51. The highest BCUT2D eigenvalue weighted by Gasteiger charge is 2.24. The van der Waals surface area contributed by atoms with E-state index in [4.69, 9.17) is 21.1 Å². The second kappa shape index (κ2) is 11.6. The van der Waals surface area contributed by atoms with Gasteiger partial charge in [0.2, 0.25) is 5.65 Å². The van der Waals surface area contributed by atoms with Crippen LogP contribution in [0.5, 0.6) is 5.75 Å². The molecule has 0 aliphatic carbocycles. The molecular weight excluding hydrogens is 504 g/mol. The number of hydrogen-bond acceptors (Lipinski definition) is 6. The molecule has 0 spiro atoms. The van der Waals surface area contributed by atoms with Gasteiger partial charge in [0.15, 0.2) is 11.4 Å². The van der Waals surface area contributed by atoms with Crippen LogP contribution < -0.4 is 15.7 Å².